The predicted molar refractivity (Wildman–Crippen MR) is 97.5 cm³/mol. The number of carbonyl (C=O) groups is 1. The van der Waals surface area contributed by atoms with Gasteiger partial charge >= 0.3 is 0 Å². The molecule has 1 aromatic heterocycles. The number of amides is 1. The molecular formula is C15H21Cl2N3OS. The molecule has 0 bridgehead atoms. The van der Waals surface area contributed by atoms with Crippen molar-refractivity contribution in [3.63, 3.8) is 0 Å². The highest BCUT2D eigenvalue weighted by atomic mass is 35.5. The van der Waals surface area contributed by atoms with Crippen LogP contribution in [0.1, 0.15) is 23.8 Å². The Morgan fingerprint density at radius 1 is 1.14 bits per heavy atom. The van der Waals surface area contributed by atoms with Crippen LogP contribution >= 0.6 is 36.2 Å². The van der Waals surface area contributed by atoms with Gasteiger partial charge in [-0.2, -0.15) is 0 Å². The van der Waals surface area contributed by atoms with E-state index in [1.165, 1.54) is 11.3 Å². The van der Waals surface area contributed by atoms with Crippen molar-refractivity contribution in [2.75, 3.05) is 19.6 Å². The summed E-state index contributed by atoms with van der Waals surface area (Å²) in [4.78, 5) is 16.3. The average molecular weight is 362 g/mol. The highest BCUT2D eigenvalue weighted by Crippen LogP contribution is 2.23. The van der Waals surface area contributed by atoms with Crippen molar-refractivity contribution < 1.29 is 4.79 Å². The number of aromatic nitrogens is 1. The molecule has 2 rings (SSSR count). The van der Waals surface area contributed by atoms with E-state index < -0.39 is 0 Å². The third kappa shape index (κ3) is 6.32. The van der Waals surface area contributed by atoms with E-state index in [1.807, 2.05) is 30.3 Å². The first-order valence-corrected chi connectivity index (χ1v) is 7.69. The van der Waals surface area contributed by atoms with Crippen molar-refractivity contribution in [1.82, 2.24) is 15.6 Å². The van der Waals surface area contributed by atoms with Crippen LogP contribution in [0.4, 0.5) is 0 Å². The van der Waals surface area contributed by atoms with Crippen molar-refractivity contribution in [2.24, 2.45) is 0 Å². The second-order valence-electron chi connectivity index (χ2n) is 4.41. The Balaban J connectivity index is 0.00000220. The molecule has 0 aliphatic carbocycles. The highest BCUT2D eigenvalue weighted by molar-refractivity contribution is 7.13. The second-order valence-corrected chi connectivity index (χ2v) is 5.27. The Hall–Kier alpha value is -1.14. The number of rotatable bonds is 7. The van der Waals surface area contributed by atoms with Gasteiger partial charge in [-0.25, -0.2) is 4.98 Å². The molecule has 0 saturated heterocycles. The molecule has 122 valence electrons. The number of hydrogen-bond donors (Lipinski definition) is 2. The third-order valence-electron chi connectivity index (χ3n) is 2.77. The molecule has 7 heteroatoms. The molecule has 2 N–H and O–H groups in total. The number of benzene rings is 1. The van der Waals surface area contributed by atoms with Crippen LogP contribution in [0.3, 0.4) is 0 Å². The van der Waals surface area contributed by atoms with Gasteiger partial charge in [0.15, 0.2) is 0 Å². The van der Waals surface area contributed by atoms with Crippen molar-refractivity contribution in [3.05, 3.63) is 41.4 Å². The Morgan fingerprint density at radius 3 is 2.55 bits per heavy atom. The fraction of sp³-hybridized carbons (Fsp3) is 0.333. The van der Waals surface area contributed by atoms with Gasteiger partial charge in [0.1, 0.15) is 10.7 Å². The summed E-state index contributed by atoms with van der Waals surface area (Å²) in [5.41, 5.74) is 1.53. The molecule has 2 aromatic rings. The van der Waals surface area contributed by atoms with E-state index in [-0.39, 0.29) is 30.7 Å². The summed E-state index contributed by atoms with van der Waals surface area (Å²) in [6.07, 6.45) is 1.10. The standard InChI is InChI=1S/C15H19N3OS.2ClH/c1-2-8-16-9-10-17-14(19)13-11-20-15(18-13)12-6-4-3-5-7-12;;/h3-7,11,16H,2,8-10H2,1H3,(H,17,19);2*1H. The molecule has 0 fully saturated rings. The monoisotopic (exact) mass is 361 g/mol. The zero-order chi connectivity index (χ0) is 14.2. The lowest BCUT2D eigenvalue weighted by Gasteiger charge is -2.04. The minimum atomic E-state index is -0.110. The van der Waals surface area contributed by atoms with Gasteiger partial charge in [0.2, 0.25) is 0 Å². The van der Waals surface area contributed by atoms with Crippen LogP contribution in [-0.2, 0) is 0 Å². The molecule has 1 aromatic carbocycles. The minimum absolute atomic E-state index is 0. The van der Waals surface area contributed by atoms with Crippen molar-refractivity contribution in [2.45, 2.75) is 13.3 Å². The van der Waals surface area contributed by atoms with E-state index in [4.69, 9.17) is 0 Å². The lowest BCUT2D eigenvalue weighted by Crippen LogP contribution is -2.32. The molecular weight excluding hydrogens is 341 g/mol. The second kappa shape index (κ2) is 11.4. The van der Waals surface area contributed by atoms with Crippen molar-refractivity contribution >= 4 is 42.1 Å². The lowest BCUT2D eigenvalue weighted by atomic mass is 10.2. The summed E-state index contributed by atoms with van der Waals surface area (Å²) >= 11 is 1.49. The molecule has 0 unspecified atom stereocenters. The van der Waals surface area contributed by atoms with Crippen LogP contribution in [-0.4, -0.2) is 30.5 Å². The molecule has 0 spiro atoms. The summed E-state index contributed by atoms with van der Waals surface area (Å²) in [6.45, 7) is 4.50. The summed E-state index contributed by atoms with van der Waals surface area (Å²) in [5, 5.41) is 8.78. The summed E-state index contributed by atoms with van der Waals surface area (Å²) in [6, 6.07) is 9.89. The lowest BCUT2D eigenvalue weighted by molar-refractivity contribution is 0.0950. The SMILES string of the molecule is CCCNCCNC(=O)c1csc(-c2ccccc2)n1.Cl.Cl. The van der Waals surface area contributed by atoms with Gasteiger partial charge in [-0.15, -0.1) is 36.2 Å². The number of hydrogen-bond acceptors (Lipinski definition) is 4. The van der Waals surface area contributed by atoms with Crippen molar-refractivity contribution in [3.8, 4) is 10.6 Å². The Morgan fingerprint density at radius 2 is 1.86 bits per heavy atom. The van der Waals surface area contributed by atoms with Crippen LogP contribution in [0.25, 0.3) is 10.6 Å². The number of nitrogens with zero attached hydrogens (tertiary/aromatic N) is 1. The average Bonchev–Trinajstić information content (AvgIpc) is 2.98. The molecule has 0 aliphatic rings. The van der Waals surface area contributed by atoms with E-state index in [0.29, 0.717) is 12.2 Å². The fourth-order valence-electron chi connectivity index (χ4n) is 1.75. The van der Waals surface area contributed by atoms with Crippen LogP contribution in [0.15, 0.2) is 35.7 Å². The first-order chi connectivity index (χ1) is 9.81. The maximum Gasteiger partial charge on any atom is 0.270 e. The van der Waals surface area contributed by atoms with Gasteiger partial charge < -0.3 is 10.6 Å². The number of halogens is 2. The van der Waals surface area contributed by atoms with Gasteiger partial charge in [0.05, 0.1) is 0 Å². The number of thiazole rings is 1. The number of carbonyl (C=O) groups excluding carboxylic acids is 1. The van der Waals surface area contributed by atoms with Crippen LogP contribution in [0, 0.1) is 0 Å². The fourth-order valence-corrected chi connectivity index (χ4v) is 2.55. The third-order valence-corrected chi connectivity index (χ3v) is 3.66. The van der Waals surface area contributed by atoms with E-state index in [0.717, 1.165) is 30.1 Å². The summed E-state index contributed by atoms with van der Waals surface area (Å²) in [7, 11) is 0. The zero-order valence-corrected chi connectivity index (χ0v) is 14.8. The maximum atomic E-state index is 11.9. The Kier molecular flexibility index (Phi) is 10.8. The smallest absolute Gasteiger partial charge is 0.270 e. The largest absolute Gasteiger partial charge is 0.349 e. The van der Waals surface area contributed by atoms with Gasteiger partial charge in [0.25, 0.3) is 5.91 Å². The van der Waals surface area contributed by atoms with Gasteiger partial charge in [0, 0.05) is 24.0 Å². The quantitative estimate of drug-likeness (QED) is 0.743. The van der Waals surface area contributed by atoms with Crippen molar-refractivity contribution in [1.29, 1.82) is 0 Å². The molecule has 1 heterocycles. The van der Waals surface area contributed by atoms with Gasteiger partial charge in [-0.3, -0.25) is 4.79 Å². The zero-order valence-electron chi connectivity index (χ0n) is 12.4. The van der Waals surface area contributed by atoms with E-state index in [9.17, 15) is 4.79 Å². The predicted octanol–water partition coefficient (Wildman–Crippen LogP) is 3.38. The van der Waals surface area contributed by atoms with Crippen LogP contribution in [0.2, 0.25) is 0 Å². The maximum absolute atomic E-state index is 11.9. The highest BCUT2D eigenvalue weighted by Gasteiger charge is 2.10. The molecule has 0 aliphatic heterocycles. The van der Waals surface area contributed by atoms with E-state index >= 15 is 0 Å². The number of nitrogens with one attached hydrogen (secondary N) is 2. The molecule has 0 atom stereocenters. The minimum Gasteiger partial charge on any atom is -0.349 e. The first-order valence-electron chi connectivity index (χ1n) is 6.81. The topological polar surface area (TPSA) is 54.0 Å². The molecule has 1 amide bonds. The molecule has 22 heavy (non-hydrogen) atoms. The Labute approximate surface area is 147 Å². The molecule has 0 radical (unpaired) electrons. The molecule has 0 saturated carbocycles. The summed E-state index contributed by atoms with van der Waals surface area (Å²) in [5.74, 6) is -0.110. The van der Waals surface area contributed by atoms with Gasteiger partial charge in [-0.1, -0.05) is 37.3 Å². The van der Waals surface area contributed by atoms with Gasteiger partial charge in [-0.05, 0) is 13.0 Å². The normalized spacial score (nSPS) is 9.50. The van der Waals surface area contributed by atoms with Crippen LogP contribution < -0.4 is 10.6 Å². The van der Waals surface area contributed by atoms with E-state index in [1.54, 1.807) is 5.38 Å². The van der Waals surface area contributed by atoms with E-state index in [2.05, 4.69) is 22.5 Å². The summed E-state index contributed by atoms with van der Waals surface area (Å²) < 4.78 is 0. The Bertz CT molecular complexity index is 549. The van der Waals surface area contributed by atoms with Crippen LogP contribution in [0.5, 0.6) is 0 Å². The molecule has 4 nitrogen and oxygen atoms in total. The first kappa shape index (κ1) is 20.9.